The maximum atomic E-state index is 11.6. The van der Waals surface area contributed by atoms with Gasteiger partial charge in [-0.1, -0.05) is 19.9 Å². The van der Waals surface area contributed by atoms with Crippen LogP contribution in [0, 0.1) is 5.92 Å². The normalized spacial score (nSPS) is 10.4. The standard InChI is InChI=1S/C14H20N2O3/c1-9(2)13(17)15-11-6-5-7-12(8-11)16-14(18)19-10(3)4/h5-10H,1-4H3,(H,15,17)(H,16,18). The van der Waals surface area contributed by atoms with Gasteiger partial charge < -0.3 is 10.1 Å². The van der Waals surface area contributed by atoms with Crippen LogP contribution >= 0.6 is 0 Å². The van der Waals surface area contributed by atoms with Crippen LogP contribution in [-0.4, -0.2) is 18.1 Å². The van der Waals surface area contributed by atoms with Gasteiger partial charge in [-0.3, -0.25) is 10.1 Å². The number of carbonyl (C=O) groups excluding carboxylic acids is 2. The maximum Gasteiger partial charge on any atom is 0.411 e. The van der Waals surface area contributed by atoms with Crippen LogP contribution in [0.25, 0.3) is 0 Å². The van der Waals surface area contributed by atoms with E-state index in [0.717, 1.165) is 0 Å². The molecule has 5 nitrogen and oxygen atoms in total. The van der Waals surface area contributed by atoms with Gasteiger partial charge in [-0.15, -0.1) is 0 Å². The van der Waals surface area contributed by atoms with E-state index in [1.165, 1.54) is 0 Å². The fourth-order valence-corrected chi connectivity index (χ4v) is 1.32. The molecule has 0 aliphatic carbocycles. The number of amides is 2. The third-order valence-electron chi connectivity index (χ3n) is 2.24. The van der Waals surface area contributed by atoms with E-state index in [0.29, 0.717) is 11.4 Å². The Balaban J connectivity index is 2.67. The van der Waals surface area contributed by atoms with Gasteiger partial charge in [0.15, 0.2) is 0 Å². The van der Waals surface area contributed by atoms with Crippen LogP contribution in [0.5, 0.6) is 0 Å². The first kappa shape index (κ1) is 15.0. The summed E-state index contributed by atoms with van der Waals surface area (Å²) in [6, 6.07) is 6.93. The molecule has 0 fully saturated rings. The van der Waals surface area contributed by atoms with Gasteiger partial charge in [0, 0.05) is 17.3 Å². The van der Waals surface area contributed by atoms with Gasteiger partial charge in [0.1, 0.15) is 0 Å². The lowest BCUT2D eigenvalue weighted by molar-refractivity contribution is -0.118. The molecule has 5 heteroatoms. The first-order valence-electron chi connectivity index (χ1n) is 6.27. The molecule has 2 amide bonds. The number of nitrogens with one attached hydrogen (secondary N) is 2. The summed E-state index contributed by atoms with van der Waals surface area (Å²) in [5.74, 6) is -0.163. The third kappa shape index (κ3) is 5.42. The van der Waals surface area contributed by atoms with Crippen molar-refractivity contribution in [1.29, 1.82) is 0 Å². The Bertz CT molecular complexity index is 456. The van der Waals surface area contributed by atoms with Crippen LogP contribution in [0.1, 0.15) is 27.7 Å². The fourth-order valence-electron chi connectivity index (χ4n) is 1.32. The SMILES string of the molecule is CC(C)OC(=O)Nc1cccc(NC(=O)C(C)C)c1. The summed E-state index contributed by atoms with van der Waals surface area (Å²) in [4.78, 5) is 23.0. The molecule has 0 radical (unpaired) electrons. The largest absolute Gasteiger partial charge is 0.447 e. The lowest BCUT2D eigenvalue weighted by atomic mass is 10.2. The summed E-state index contributed by atoms with van der Waals surface area (Å²) in [6.45, 7) is 7.19. The number of rotatable bonds is 4. The second kappa shape index (κ2) is 6.78. The molecule has 0 spiro atoms. The topological polar surface area (TPSA) is 67.4 Å². The van der Waals surface area contributed by atoms with E-state index < -0.39 is 6.09 Å². The van der Waals surface area contributed by atoms with E-state index in [4.69, 9.17) is 4.74 Å². The highest BCUT2D eigenvalue weighted by molar-refractivity contribution is 5.93. The van der Waals surface area contributed by atoms with Crippen molar-refractivity contribution in [2.75, 3.05) is 10.6 Å². The van der Waals surface area contributed by atoms with Crippen LogP contribution in [-0.2, 0) is 9.53 Å². The molecule has 0 heterocycles. The van der Waals surface area contributed by atoms with Gasteiger partial charge in [0.2, 0.25) is 5.91 Å². The van der Waals surface area contributed by atoms with Crippen molar-refractivity contribution in [2.45, 2.75) is 33.8 Å². The number of ether oxygens (including phenoxy) is 1. The quantitative estimate of drug-likeness (QED) is 0.877. The first-order valence-corrected chi connectivity index (χ1v) is 6.27. The summed E-state index contributed by atoms with van der Waals surface area (Å²) in [5, 5.41) is 5.37. The molecule has 0 saturated carbocycles. The van der Waals surface area contributed by atoms with E-state index in [9.17, 15) is 9.59 Å². The lowest BCUT2D eigenvalue weighted by Crippen LogP contribution is -2.19. The van der Waals surface area contributed by atoms with Crippen LogP contribution in [0.2, 0.25) is 0 Å². The van der Waals surface area contributed by atoms with Gasteiger partial charge in [-0.05, 0) is 32.0 Å². The molecule has 0 aliphatic rings. The third-order valence-corrected chi connectivity index (χ3v) is 2.24. The van der Waals surface area contributed by atoms with E-state index in [1.54, 1.807) is 38.1 Å². The predicted molar refractivity (Wildman–Crippen MR) is 75.1 cm³/mol. The Kier molecular flexibility index (Phi) is 5.36. The van der Waals surface area contributed by atoms with Crippen LogP contribution < -0.4 is 10.6 Å². The average molecular weight is 264 g/mol. The average Bonchev–Trinajstić information content (AvgIpc) is 2.27. The molecule has 1 rings (SSSR count). The van der Waals surface area contributed by atoms with Crippen molar-refractivity contribution in [3.8, 4) is 0 Å². The van der Waals surface area contributed by atoms with Crippen molar-refractivity contribution >= 4 is 23.4 Å². The summed E-state index contributed by atoms with van der Waals surface area (Å²) < 4.78 is 4.98. The summed E-state index contributed by atoms with van der Waals surface area (Å²) >= 11 is 0. The molecule has 0 saturated heterocycles. The lowest BCUT2D eigenvalue weighted by Gasteiger charge is -2.11. The number of anilines is 2. The molecule has 0 unspecified atom stereocenters. The highest BCUT2D eigenvalue weighted by Crippen LogP contribution is 2.16. The Morgan fingerprint density at radius 3 is 2.16 bits per heavy atom. The molecule has 0 atom stereocenters. The van der Waals surface area contributed by atoms with Crippen molar-refractivity contribution in [2.24, 2.45) is 5.92 Å². The van der Waals surface area contributed by atoms with Crippen molar-refractivity contribution < 1.29 is 14.3 Å². The van der Waals surface area contributed by atoms with Gasteiger partial charge in [-0.2, -0.15) is 0 Å². The maximum absolute atomic E-state index is 11.6. The molecule has 1 aromatic rings. The number of hydrogen-bond donors (Lipinski definition) is 2. The number of carbonyl (C=O) groups is 2. The zero-order valence-electron chi connectivity index (χ0n) is 11.7. The molecular formula is C14H20N2O3. The van der Waals surface area contributed by atoms with Crippen LogP contribution in [0.15, 0.2) is 24.3 Å². The Labute approximate surface area is 113 Å². The molecule has 0 aliphatic heterocycles. The number of hydrogen-bond acceptors (Lipinski definition) is 3. The monoisotopic (exact) mass is 264 g/mol. The first-order chi connectivity index (χ1) is 8.88. The van der Waals surface area contributed by atoms with E-state index in [1.807, 2.05) is 13.8 Å². The Morgan fingerprint density at radius 2 is 1.63 bits per heavy atom. The minimum atomic E-state index is -0.512. The smallest absolute Gasteiger partial charge is 0.411 e. The van der Waals surface area contributed by atoms with Gasteiger partial charge in [-0.25, -0.2) is 4.79 Å². The second-order valence-electron chi connectivity index (χ2n) is 4.80. The molecule has 19 heavy (non-hydrogen) atoms. The zero-order valence-corrected chi connectivity index (χ0v) is 11.7. The highest BCUT2D eigenvalue weighted by Gasteiger charge is 2.09. The zero-order chi connectivity index (χ0) is 14.4. The molecule has 2 N–H and O–H groups in total. The Hall–Kier alpha value is -2.04. The minimum Gasteiger partial charge on any atom is -0.447 e. The summed E-state index contributed by atoms with van der Waals surface area (Å²) in [6.07, 6.45) is -0.689. The molecule has 104 valence electrons. The fraction of sp³-hybridized carbons (Fsp3) is 0.429. The molecular weight excluding hydrogens is 244 g/mol. The van der Waals surface area contributed by atoms with Crippen molar-refractivity contribution in [1.82, 2.24) is 0 Å². The predicted octanol–water partition coefficient (Wildman–Crippen LogP) is 3.24. The summed E-state index contributed by atoms with van der Waals surface area (Å²) in [7, 11) is 0. The van der Waals surface area contributed by atoms with E-state index in [-0.39, 0.29) is 17.9 Å². The van der Waals surface area contributed by atoms with Gasteiger partial charge >= 0.3 is 6.09 Å². The highest BCUT2D eigenvalue weighted by atomic mass is 16.6. The van der Waals surface area contributed by atoms with Crippen molar-refractivity contribution in [3.05, 3.63) is 24.3 Å². The molecule has 0 aromatic heterocycles. The Morgan fingerprint density at radius 1 is 1.05 bits per heavy atom. The minimum absolute atomic E-state index is 0.0677. The van der Waals surface area contributed by atoms with E-state index >= 15 is 0 Å². The molecule has 0 bridgehead atoms. The summed E-state index contributed by atoms with van der Waals surface area (Å²) in [5.41, 5.74) is 1.22. The van der Waals surface area contributed by atoms with Crippen LogP contribution in [0.4, 0.5) is 16.2 Å². The second-order valence-corrected chi connectivity index (χ2v) is 4.80. The van der Waals surface area contributed by atoms with Crippen molar-refractivity contribution in [3.63, 3.8) is 0 Å². The van der Waals surface area contributed by atoms with Gasteiger partial charge in [0.05, 0.1) is 6.10 Å². The van der Waals surface area contributed by atoms with Crippen LogP contribution in [0.3, 0.4) is 0 Å². The van der Waals surface area contributed by atoms with E-state index in [2.05, 4.69) is 10.6 Å². The number of benzene rings is 1. The molecule has 1 aromatic carbocycles. The van der Waals surface area contributed by atoms with Gasteiger partial charge in [0.25, 0.3) is 0 Å².